The largest absolute Gasteiger partial charge is 0.338 e. The Kier molecular flexibility index (Phi) is 5.80. The minimum atomic E-state index is 0. The van der Waals surface area contributed by atoms with Crippen molar-refractivity contribution in [1.82, 2.24) is 15.1 Å². The van der Waals surface area contributed by atoms with Crippen molar-refractivity contribution >= 4 is 56.3 Å². The van der Waals surface area contributed by atoms with E-state index in [-0.39, 0.29) is 24.2 Å². The Labute approximate surface area is 143 Å². The van der Waals surface area contributed by atoms with Gasteiger partial charge in [0.25, 0.3) is 5.91 Å². The molecule has 1 fully saturated rings. The summed E-state index contributed by atoms with van der Waals surface area (Å²) in [4.78, 5) is 28.7. The number of nitrogens with zero attached hydrogens (tertiary/aromatic N) is 2. The molecule has 2 amide bonds. The number of carbonyl (C=O) groups excluding carboxylic acids is 2. The average molecular weight is 360 g/mol. The molecule has 1 aliphatic heterocycles. The third-order valence-corrected chi connectivity index (χ3v) is 5.68. The maximum atomic E-state index is 12.5. The molecule has 0 unspecified atom stereocenters. The highest BCUT2D eigenvalue weighted by molar-refractivity contribution is 7.27. The fraction of sp³-hybridized carbons (Fsp3) is 0.429. The molecular formula is C14H18ClN3O2S2. The van der Waals surface area contributed by atoms with Crippen LogP contribution in [0.2, 0.25) is 0 Å². The van der Waals surface area contributed by atoms with Gasteiger partial charge in [0, 0.05) is 35.6 Å². The standard InChI is InChI=1S/C14H17N3O2S2.ClH/c1-15-9-13(18)16-3-5-17(6-4-16)14(19)12-8-11-10(21-12)2-7-20-11;/h2,7-8,15H,3-6,9H2,1H3;1H. The Balaban J connectivity index is 0.00000176. The maximum Gasteiger partial charge on any atom is 0.264 e. The van der Waals surface area contributed by atoms with Crippen molar-refractivity contribution in [2.45, 2.75) is 0 Å². The molecule has 1 N–H and O–H groups in total. The van der Waals surface area contributed by atoms with Gasteiger partial charge in [-0.15, -0.1) is 35.1 Å². The summed E-state index contributed by atoms with van der Waals surface area (Å²) < 4.78 is 2.34. The first-order valence-electron chi connectivity index (χ1n) is 6.87. The summed E-state index contributed by atoms with van der Waals surface area (Å²) in [6, 6.07) is 4.03. The zero-order valence-electron chi connectivity index (χ0n) is 12.2. The number of carbonyl (C=O) groups is 2. The Morgan fingerprint density at radius 2 is 1.86 bits per heavy atom. The van der Waals surface area contributed by atoms with E-state index in [1.807, 2.05) is 21.2 Å². The summed E-state index contributed by atoms with van der Waals surface area (Å²) in [6.07, 6.45) is 0. The Morgan fingerprint density at radius 3 is 2.50 bits per heavy atom. The quantitative estimate of drug-likeness (QED) is 0.910. The van der Waals surface area contributed by atoms with Crippen LogP contribution in [0.25, 0.3) is 9.40 Å². The minimum Gasteiger partial charge on any atom is -0.338 e. The third-order valence-electron chi connectivity index (χ3n) is 3.60. The van der Waals surface area contributed by atoms with Gasteiger partial charge in [-0.2, -0.15) is 0 Å². The second kappa shape index (κ2) is 7.41. The second-order valence-corrected chi connectivity index (χ2v) is 6.99. The van der Waals surface area contributed by atoms with Gasteiger partial charge in [0.15, 0.2) is 0 Å². The predicted molar refractivity (Wildman–Crippen MR) is 93.4 cm³/mol. The fourth-order valence-electron chi connectivity index (χ4n) is 2.45. The average Bonchev–Trinajstić information content (AvgIpc) is 3.08. The number of hydrogen-bond acceptors (Lipinski definition) is 5. The van der Waals surface area contributed by atoms with Crippen LogP contribution in [0, 0.1) is 0 Å². The molecule has 1 aliphatic rings. The van der Waals surface area contributed by atoms with Crippen LogP contribution in [0.3, 0.4) is 0 Å². The van der Waals surface area contributed by atoms with Crippen LogP contribution < -0.4 is 5.32 Å². The highest BCUT2D eigenvalue weighted by Crippen LogP contribution is 2.30. The molecule has 8 heteroatoms. The van der Waals surface area contributed by atoms with Crippen molar-refractivity contribution in [2.24, 2.45) is 0 Å². The first-order valence-corrected chi connectivity index (χ1v) is 8.57. The van der Waals surface area contributed by atoms with Crippen molar-refractivity contribution in [2.75, 3.05) is 39.8 Å². The monoisotopic (exact) mass is 359 g/mol. The van der Waals surface area contributed by atoms with Gasteiger partial charge >= 0.3 is 0 Å². The first-order chi connectivity index (χ1) is 10.2. The predicted octanol–water partition coefficient (Wildman–Crippen LogP) is 1.89. The lowest BCUT2D eigenvalue weighted by molar-refractivity contribution is -0.131. The molecule has 1 saturated heterocycles. The maximum absolute atomic E-state index is 12.5. The minimum absolute atomic E-state index is 0. The van der Waals surface area contributed by atoms with Crippen LogP contribution in [0.1, 0.15) is 9.67 Å². The van der Waals surface area contributed by atoms with Gasteiger partial charge in [0.05, 0.1) is 11.4 Å². The molecule has 3 rings (SSSR count). The number of fused-ring (bicyclic) bond motifs is 1. The Bertz CT molecular complexity index is 633. The number of piperazine rings is 1. The smallest absolute Gasteiger partial charge is 0.264 e. The summed E-state index contributed by atoms with van der Waals surface area (Å²) in [5.74, 6) is 0.186. The zero-order valence-corrected chi connectivity index (χ0v) is 14.7. The number of rotatable bonds is 3. The summed E-state index contributed by atoms with van der Waals surface area (Å²) in [5, 5.41) is 4.91. The van der Waals surface area contributed by atoms with Crippen molar-refractivity contribution in [3.05, 3.63) is 22.4 Å². The lowest BCUT2D eigenvalue weighted by atomic mass is 10.3. The van der Waals surface area contributed by atoms with Crippen LogP contribution in [-0.2, 0) is 4.79 Å². The molecule has 0 aromatic carbocycles. The lowest BCUT2D eigenvalue weighted by Crippen LogP contribution is -2.52. The van der Waals surface area contributed by atoms with E-state index in [0.29, 0.717) is 32.7 Å². The summed E-state index contributed by atoms with van der Waals surface area (Å²) in [5.41, 5.74) is 0. The second-order valence-electron chi connectivity index (χ2n) is 4.96. The molecule has 0 spiro atoms. The molecule has 120 valence electrons. The number of likely N-dealkylation sites (N-methyl/N-ethyl adjacent to an activating group) is 1. The lowest BCUT2D eigenvalue weighted by Gasteiger charge is -2.34. The molecule has 0 bridgehead atoms. The molecule has 3 heterocycles. The van der Waals surface area contributed by atoms with Crippen LogP contribution in [0.15, 0.2) is 17.5 Å². The van der Waals surface area contributed by atoms with Crippen molar-refractivity contribution < 1.29 is 9.59 Å². The number of hydrogen-bond donors (Lipinski definition) is 1. The molecule has 0 aliphatic carbocycles. The van der Waals surface area contributed by atoms with E-state index in [1.54, 1.807) is 29.7 Å². The van der Waals surface area contributed by atoms with Gasteiger partial charge in [0.1, 0.15) is 0 Å². The highest BCUT2D eigenvalue weighted by atomic mass is 35.5. The molecule has 2 aromatic rings. The number of halogens is 1. The number of amides is 2. The summed E-state index contributed by atoms with van der Waals surface area (Å²) in [7, 11) is 1.76. The molecule has 5 nitrogen and oxygen atoms in total. The number of thiophene rings is 2. The van der Waals surface area contributed by atoms with Gasteiger partial charge < -0.3 is 15.1 Å². The highest BCUT2D eigenvalue weighted by Gasteiger charge is 2.25. The van der Waals surface area contributed by atoms with E-state index >= 15 is 0 Å². The van der Waals surface area contributed by atoms with E-state index in [9.17, 15) is 9.59 Å². The van der Waals surface area contributed by atoms with Gasteiger partial charge in [-0.05, 0) is 24.6 Å². The van der Waals surface area contributed by atoms with E-state index in [0.717, 1.165) is 4.88 Å². The van der Waals surface area contributed by atoms with Crippen molar-refractivity contribution in [3.63, 3.8) is 0 Å². The van der Waals surface area contributed by atoms with Gasteiger partial charge in [-0.1, -0.05) is 0 Å². The van der Waals surface area contributed by atoms with E-state index < -0.39 is 0 Å². The molecule has 22 heavy (non-hydrogen) atoms. The van der Waals surface area contributed by atoms with Gasteiger partial charge in [-0.3, -0.25) is 9.59 Å². The van der Waals surface area contributed by atoms with Crippen LogP contribution in [-0.4, -0.2) is 61.4 Å². The van der Waals surface area contributed by atoms with Gasteiger partial charge in [0.2, 0.25) is 5.91 Å². The molecule has 0 atom stereocenters. The molecular weight excluding hydrogens is 342 g/mol. The topological polar surface area (TPSA) is 52.7 Å². The normalized spacial score (nSPS) is 15.0. The van der Waals surface area contributed by atoms with Crippen LogP contribution >= 0.6 is 35.1 Å². The Morgan fingerprint density at radius 1 is 1.18 bits per heavy atom. The zero-order chi connectivity index (χ0) is 14.8. The molecule has 2 aromatic heterocycles. The Hall–Kier alpha value is -1.15. The van der Waals surface area contributed by atoms with Gasteiger partial charge in [-0.25, -0.2) is 0 Å². The third kappa shape index (κ3) is 3.43. The first kappa shape index (κ1) is 17.2. The molecule has 0 radical (unpaired) electrons. The molecule has 0 saturated carbocycles. The van der Waals surface area contributed by atoms with E-state index in [1.165, 1.54) is 9.40 Å². The fourth-order valence-corrected chi connectivity index (χ4v) is 4.53. The number of nitrogens with one attached hydrogen (secondary N) is 1. The van der Waals surface area contributed by atoms with Crippen LogP contribution in [0.5, 0.6) is 0 Å². The van der Waals surface area contributed by atoms with Crippen molar-refractivity contribution in [1.29, 1.82) is 0 Å². The van der Waals surface area contributed by atoms with E-state index in [4.69, 9.17) is 0 Å². The van der Waals surface area contributed by atoms with E-state index in [2.05, 4.69) is 11.4 Å². The van der Waals surface area contributed by atoms with Crippen LogP contribution in [0.4, 0.5) is 0 Å². The summed E-state index contributed by atoms with van der Waals surface area (Å²) in [6.45, 7) is 2.81. The van der Waals surface area contributed by atoms with Crippen molar-refractivity contribution in [3.8, 4) is 0 Å². The summed E-state index contributed by atoms with van der Waals surface area (Å²) >= 11 is 3.21. The SMILES string of the molecule is CNCC(=O)N1CCN(C(=O)c2cc3sccc3s2)CC1.Cl.